The van der Waals surface area contributed by atoms with E-state index in [-0.39, 0.29) is 40.5 Å². The molecule has 3 aromatic rings. The van der Waals surface area contributed by atoms with Gasteiger partial charge in [-0.3, -0.25) is 19.5 Å². The zero-order valence-electron chi connectivity index (χ0n) is 20.5. The van der Waals surface area contributed by atoms with Gasteiger partial charge in [0.2, 0.25) is 0 Å². The number of nitrogens with zero attached hydrogens (tertiary/aromatic N) is 3. The number of H-pyrrole nitrogens is 1. The number of phenolic OH excluding ortho intramolecular Hbond substituents is 1. The summed E-state index contributed by atoms with van der Waals surface area (Å²) in [6, 6.07) is 8.41. The third kappa shape index (κ3) is 5.19. The molecule has 2 heterocycles. The van der Waals surface area contributed by atoms with E-state index >= 15 is 0 Å². The Kier molecular flexibility index (Phi) is 6.88. The van der Waals surface area contributed by atoms with Crippen molar-refractivity contribution >= 4 is 28.5 Å². The first-order valence-corrected chi connectivity index (χ1v) is 11.7. The maximum atomic E-state index is 13.4. The average molecular weight is 478 g/mol. The smallest absolute Gasteiger partial charge is 0.258 e. The molecule has 1 aliphatic heterocycles. The van der Waals surface area contributed by atoms with Gasteiger partial charge < -0.3 is 20.2 Å². The number of amides is 2. The van der Waals surface area contributed by atoms with Crippen LogP contribution < -0.4 is 5.32 Å². The lowest BCUT2D eigenvalue weighted by Gasteiger charge is -2.16. The molecule has 0 fully saturated rings. The fourth-order valence-electron chi connectivity index (χ4n) is 4.25. The molecule has 0 aliphatic carbocycles. The fourth-order valence-corrected chi connectivity index (χ4v) is 4.25. The molecule has 0 radical (unpaired) electrons. The highest BCUT2D eigenvalue weighted by molar-refractivity contribution is 6.09. The van der Waals surface area contributed by atoms with Gasteiger partial charge in [0.15, 0.2) is 5.78 Å². The van der Waals surface area contributed by atoms with Crippen molar-refractivity contribution in [3.63, 3.8) is 0 Å². The summed E-state index contributed by atoms with van der Waals surface area (Å²) in [5.41, 5.74) is 3.30. The maximum Gasteiger partial charge on any atom is 0.258 e. The largest absolute Gasteiger partial charge is 0.507 e. The number of aromatic nitrogens is 2. The normalized spacial score (nSPS) is 13.0. The van der Waals surface area contributed by atoms with E-state index in [1.165, 1.54) is 12.1 Å². The first-order chi connectivity index (χ1) is 16.6. The summed E-state index contributed by atoms with van der Waals surface area (Å²) in [7, 11) is 3.89. The third-order valence-corrected chi connectivity index (χ3v) is 6.09. The van der Waals surface area contributed by atoms with Crippen molar-refractivity contribution in [2.45, 2.75) is 33.4 Å². The number of ketones is 1. The molecule has 0 spiro atoms. The lowest BCUT2D eigenvalue weighted by atomic mass is 10.0. The number of hydrogen-bond acceptors (Lipinski definition) is 6. The van der Waals surface area contributed by atoms with Gasteiger partial charge in [-0.2, -0.15) is 5.10 Å². The van der Waals surface area contributed by atoms with E-state index in [2.05, 4.69) is 15.5 Å². The number of likely N-dealkylation sites (N-methyl/N-ethyl adjacent to an activating group) is 1. The van der Waals surface area contributed by atoms with E-state index in [9.17, 15) is 19.5 Å². The number of phenols is 1. The predicted octanol–water partition coefficient (Wildman–Crippen LogP) is 2.94. The molecule has 0 bridgehead atoms. The molecule has 3 N–H and O–H groups in total. The summed E-state index contributed by atoms with van der Waals surface area (Å²) in [5, 5.41) is 20.9. The first-order valence-electron chi connectivity index (χ1n) is 11.7. The van der Waals surface area contributed by atoms with Crippen molar-refractivity contribution in [3.8, 4) is 5.75 Å². The van der Waals surface area contributed by atoms with Crippen LogP contribution in [0.4, 0.5) is 0 Å². The van der Waals surface area contributed by atoms with Gasteiger partial charge in [-0.15, -0.1) is 0 Å². The Balaban J connectivity index is 1.53. The molecule has 2 amide bonds. The number of carbonyl (C=O) groups excluding carboxylic acids is 3. The monoisotopic (exact) mass is 477 g/mol. The molecule has 0 saturated heterocycles. The van der Waals surface area contributed by atoms with E-state index in [1.54, 1.807) is 11.0 Å². The summed E-state index contributed by atoms with van der Waals surface area (Å²) >= 11 is 0. The van der Waals surface area contributed by atoms with Gasteiger partial charge in [0.25, 0.3) is 11.8 Å². The number of rotatable bonds is 8. The van der Waals surface area contributed by atoms with Crippen LogP contribution in [0.15, 0.2) is 30.3 Å². The van der Waals surface area contributed by atoms with Crippen LogP contribution in [0.3, 0.4) is 0 Å². The minimum atomic E-state index is -0.346. The number of Topliss-reactive ketones (excluding diaryl/α,β-unsaturated/α-hetero) is 1. The Morgan fingerprint density at radius 2 is 1.89 bits per heavy atom. The number of carbonyl (C=O) groups is 3. The number of hydrogen-bond donors (Lipinski definition) is 3. The Morgan fingerprint density at radius 3 is 2.60 bits per heavy atom. The fraction of sp³-hybridized carbons (Fsp3) is 0.385. The zero-order valence-corrected chi connectivity index (χ0v) is 20.5. The van der Waals surface area contributed by atoms with E-state index in [0.29, 0.717) is 42.5 Å². The lowest BCUT2D eigenvalue weighted by Crippen LogP contribution is -2.31. The van der Waals surface area contributed by atoms with Crippen molar-refractivity contribution in [1.82, 2.24) is 25.3 Å². The highest BCUT2D eigenvalue weighted by Crippen LogP contribution is 2.31. The number of aromatic amines is 1. The molecule has 35 heavy (non-hydrogen) atoms. The Morgan fingerprint density at radius 1 is 1.14 bits per heavy atom. The van der Waals surface area contributed by atoms with Crippen molar-refractivity contribution in [3.05, 3.63) is 58.3 Å². The van der Waals surface area contributed by atoms with Crippen molar-refractivity contribution in [1.29, 1.82) is 0 Å². The Labute approximate surface area is 204 Å². The van der Waals surface area contributed by atoms with E-state index in [0.717, 1.165) is 17.7 Å². The topological polar surface area (TPSA) is 119 Å². The highest BCUT2D eigenvalue weighted by Gasteiger charge is 2.28. The molecule has 9 nitrogen and oxygen atoms in total. The van der Waals surface area contributed by atoms with E-state index in [1.807, 2.05) is 45.0 Å². The molecule has 1 aromatic heterocycles. The van der Waals surface area contributed by atoms with Crippen molar-refractivity contribution in [2.75, 3.05) is 27.2 Å². The molecule has 0 atom stereocenters. The maximum absolute atomic E-state index is 13.4. The summed E-state index contributed by atoms with van der Waals surface area (Å²) in [4.78, 5) is 42.1. The Bertz CT molecular complexity index is 1290. The van der Waals surface area contributed by atoms with Crippen LogP contribution in [0.2, 0.25) is 0 Å². The number of aromatic hydroxyl groups is 1. The standard InChI is InChI=1S/C26H31N5O4/c1-15(2)9-23(33)24-19-11-20(22(32)12-21(19)28-29-24)26(35)31-13-17-6-5-16(10-18(17)14-31)25(34)27-7-8-30(3)4/h5-6,10-12,15,32H,7-9,13-14H2,1-4H3,(H,27,34)(H,28,29). The minimum Gasteiger partial charge on any atom is -0.507 e. The lowest BCUT2D eigenvalue weighted by molar-refractivity contribution is 0.0748. The van der Waals surface area contributed by atoms with Crippen LogP contribution in [0.25, 0.3) is 10.9 Å². The molecule has 9 heteroatoms. The second-order valence-corrected chi connectivity index (χ2v) is 9.71. The first kappa shape index (κ1) is 24.4. The minimum absolute atomic E-state index is 0.111. The molecular formula is C26H31N5O4. The van der Waals surface area contributed by atoms with Crippen LogP contribution in [0.1, 0.15) is 62.6 Å². The van der Waals surface area contributed by atoms with Gasteiger partial charge in [0.05, 0.1) is 11.1 Å². The van der Waals surface area contributed by atoms with E-state index in [4.69, 9.17) is 0 Å². The second-order valence-electron chi connectivity index (χ2n) is 9.71. The average Bonchev–Trinajstić information content (AvgIpc) is 3.40. The van der Waals surface area contributed by atoms with Crippen LogP contribution in [-0.2, 0) is 13.1 Å². The van der Waals surface area contributed by atoms with Crippen molar-refractivity contribution in [2.24, 2.45) is 5.92 Å². The SMILES string of the molecule is CC(C)CC(=O)c1n[nH]c2cc(O)c(C(=O)N3Cc4ccc(C(=O)NCCN(C)C)cc4C3)cc12. The zero-order chi connectivity index (χ0) is 25.3. The number of nitrogens with one attached hydrogen (secondary N) is 2. The molecule has 0 saturated carbocycles. The molecule has 184 valence electrons. The second kappa shape index (κ2) is 9.87. The van der Waals surface area contributed by atoms with Gasteiger partial charge in [-0.05, 0) is 49.3 Å². The van der Waals surface area contributed by atoms with Gasteiger partial charge in [0.1, 0.15) is 11.4 Å². The van der Waals surface area contributed by atoms with Gasteiger partial charge in [0, 0.05) is 49.6 Å². The summed E-state index contributed by atoms with van der Waals surface area (Å²) < 4.78 is 0. The Hall–Kier alpha value is -3.72. The highest BCUT2D eigenvalue weighted by atomic mass is 16.3. The molecule has 0 unspecified atom stereocenters. The van der Waals surface area contributed by atoms with Crippen LogP contribution in [-0.4, -0.2) is 69.9 Å². The van der Waals surface area contributed by atoms with Crippen LogP contribution in [0, 0.1) is 5.92 Å². The van der Waals surface area contributed by atoms with Gasteiger partial charge >= 0.3 is 0 Å². The molecule has 2 aromatic carbocycles. The molecule has 1 aliphatic rings. The summed E-state index contributed by atoms with van der Waals surface area (Å²) in [6.45, 7) is 5.90. The summed E-state index contributed by atoms with van der Waals surface area (Å²) in [5.74, 6) is -0.608. The molecule has 4 rings (SSSR count). The van der Waals surface area contributed by atoms with E-state index < -0.39 is 0 Å². The summed E-state index contributed by atoms with van der Waals surface area (Å²) in [6.07, 6.45) is 0.344. The number of benzene rings is 2. The van der Waals surface area contributed by atoms with Gasteiger partial charge in [-0.1, -0.05) is 19.9 Å². The predicted molar refractivity (Wildman–Crippen MR) is 132 cm³/mol. The quantitative estimate of drug-likeness (QED) is 0.429. The van der Waals surface area contributed by atoms with Crippen LogP contribution in [0.5, 0.6) is 5.75 Å². The third-order valence-electron chi connectivity index (χ3n) is 6.09. The van der Waals surface area contributed by atoms with Crippen molar-refractivity contribution < 1.29 is 19.5 Å². The molecular weight excluding hydrogens is 446 g/mol. The van der Waals surface area contributed by atoms with Crippen LogP contribution >= 0.6 is 0 Å². The van der Waals surface area contributed by atoms with Gasteiger partial charge in [-0.25, -0.2) is 0 Å². The number of fused-ring (bicyclic) bond motifs is 2.